The number of rotatable bonds is 7. The molecule has 36 heavy (non-hydrogen) atoms. The monoisotopic (exact) mass is 501 g/mol. The summed E-state index contributed by atoms with van der Waals surface area (Å²) in [7, 11) is -2.99. The Labute approximate surface area is 212 Å². The number of anilines is 3. The Morgan fingerprint density at radius 1 is 1.06 bits per heavy atom. The van der Waals surface area contributed by atoms with Crippen LogP contribution in [-0.4, -0.2) is 48.0 Å². The van der Waals surface area contributed by atoms with Crippen LogP contribution in [0.1, 0.15) is 32.3 Å². The molecule has 1 aromatic carbocycles. The van der Waals surface area contributed by atoms with Crippen LogP contribution in [-0.2, 0) is 9.84 Å². The van der Waals surface area contributed by atoms with E-state index in [1.165, 1.54) is 11.8 Å². The summed E-state index contributed by atoms with van der Waals surface area (Å²) in [4.78, 5) is 15.7. The zero-order chi connectivity index (χ0) is 25.4. The van der Waals surface area contributed by atoms with Gasteiger partial charge in [0.15, 0.2) is 0 Å². The zero-order valence-corrected chi connectivity index (χ0v) is 21.8. The fourth-order valence-electron chi connectivity index (χ4n) is 4.98. The average molecular weight is 502 g/mol. The number of aromatic nitrogens is 3. The minimum absolute atomic E-state index is 0.148. The lowest BCUT2D eigenvalue weighted by Gasteiger charge is -2.48. The summed E-state index contributed by atoms with van der Waals surface area (Å²) < 4.78 is 23.6. The van der Waals surface area contributed by atoms with Gasteiger partial charge in [0, 0.05) is 71.9 Å². The number of nitrogens with zero attached hydrogens (tertiary/aromatic N) is 4. The molecule has 1 N–H and O–H groups in total. The molecule has 2 atom stereocenters. The molecular weight excluding hydrogens is 470 g/mol. The van der Waals surface area contributed by atoms with Crippen molar-refractivity contribution in [2.45, 2.75) is 32.7 Å². The lowest BCUT2D eigenvalue weighted by atomic mass is 9.88. The second-order valence-electron chi connectivity index (χ2n) is 9.99. The third kappa shape index (κ3) is 4.91. The molecule has 0 aliphatic carbocycles. The van der Waals surface area contributed by atoms with E-state index in [1.807, 2.05) is 30.5 Å². The molecule has 8 heteroatoms. The average Bonchev–Trinajstić information content (AvgIpc) is 2.85. The highest BCUT2D eigenvalue weighted by Crippen LogP contribution is 2.39. The van der Waals surface area contributed by atoms with Gasteiger partial charge in [0.2, 0.25) is 0 Å². The first-order valence-corrected chi connectivity index (χ1v) is 14.3. The van der Waals surface area contributed by atoms with E-state index in [9.17, 15) is 8.42 Å². The predicted octanol–water partition coefficient (Wildman–Crippen LogP) is 5.43. The summed E-state index contributed by atoms with van der Waals surface area (Å²) >= 11 is 0. The van der Waals surface area contributed by atoms with Gasteiger partial charge in [0.25, 0.3) is 0 Å². The number of benzene rings is 1. The topological polar surface area (TPSA) is 88.1 Å². The lowest BCUT2D eigenvalue weighted by molar-refractivity contribution is 0.342. The molecule has 0 saturated carbocycles. The highest BCUT2D eigenvalue weighted by atomic mass is 32.2. The maximum Gasteiger partial charge on any atom is 0.147 e. The number of hydrogen-bond donors (Lipinski definition) is 1. The van der Waals surface area contributed by atoms with Gasteiger partial charge in [-0.3, -0.25) is 9.97 Å². The van der Waals surface area contributed by atoms with E-state index >= 15 is 0 Å². The van der Waals surface area contributed by atoms with Crippen molar-refractivity contribution in [3.05, 3.63) is 72.8 Å². The Balaban J connectivity index is 1.46. The molecule has 7 nitrogen and oxygen atoms in total. The summed E-state index contributed by atoms with van der Waals surface area (Å²) in [5.41, 5.74) is 5.06. The molecule has 5 rings (SSSR count). The minimum atomic E-state index is -2.99. The molecule has 1 aliphatic rings. The standard InChI is InChI=1S/C28H31N5O2S/c1-18(2)23-7-8-27(33-16-21(19(33)3)17-36(4,34)35)25-15-31-28(13-24(23)25)32-22-9-11-30-26(12-22)20-6-5-10-29-14-20/h5-15,18-19,21H,16-17H2,1-4H3,(H,30,31,32)/t19-,21-/m0/s1. The van der Waals surface area contributed by atoms with Gasteiger partial charge >= 0.3 is 0 Å². The minimum Gasteiger partial charge on any atom is -0.368 e. The van der Waals surface area contributed by atoms with E-state index < -0.39 is 9.84 Å². The summed E-state index contributed by atoms with van der Waals surface area (Å²) in [6, 6.07) is 14.4. The summed E-state index contributed by atoms with van der Waals surface area (Å²) in [6.45, 7) is 7.23. The van der Waals surface area contributed by atoms with Crippen LogP contribution in [0.15, 0.2) is 67.3 Å². The SMILES string of the molecule is CC(C)c1ccc(N2C[C@@H](CS(C)(=O)=O)[C@@H]2C)c2cnc(Nc3ccnc(-c4cccnc4)c3)cc12. The van der Waals surface area contributed by atoms with Gasteiger partial charge in [0.1, 0.15) is 15.7 Å². The van der Waals surface area contributed by atoms with Crippen molar-refractivity contribution in [1.82, 2.24) is 15.0 Å². The molecule has 1 aliphatic heterocycles. The van der Waals surface area contributed by atoms with Gasteiger partial charge in [-0.25, -0.2) is 13.4 Å². The highest BCUT2D eigenvalue weighted by Gasteiger charge is 2.38. The number of nitrogens with one attached hydrogen (secondary N) is 1. The van der Waals surface area contributed by atoms with E-state index in [2.05, 4.69) is 59.2 Å². The van der Waals surface area contributed by atoms with Crippen molar-refractivity contribution < 1.29 is 8.42 Å². The molecule has 0 unspecified atom stereocenters. The van der Waals surface area contributed by atoms with E-state index in [4.69, 9.17) is 4.98 Å². The molecule has 4 heterocycles. The second kappa shape index (κ2) is 9.50. The summed E-state index contributed by atoms with van der Waals surface area (Å²) in [5, 5.41) is 5.68. The molecule has 0 spiro atoms. The molecule has 4 aromatic rings. The summed E-state index contributed by atoms with van der Waals surface area (Å²) in [5.74, 6) is 1.49. The van der Waals surface area contributed by atoms with Crippen molar-refractivity contribution in [2.75, 3.05) is 28.8 Å². The second-order valence-corrected chi connectivity index (χ2v) is 12.2. The third-order valence-corrected chi connectivity index (χ3v) is 7.99. The largest absolute Gasteiger partial charge is 0.368 e. The predicted molar refractivity (Wildman–Crippen MR) is 147 cm³/mol. The molecule has 3 aromatic heterocycles. The fourth-order valence-corrected chi connectivity index (χ4v) is 6.15. The first-order valence-electron chi connectivity index (χ1n) is 12.2. The molecule has 0 radical (unpaired) electrons. The Kier molecular flexibility index (Phi) is 6.38. The number of pyridine rings is 3. The molecule has 1 saturated heterocycles. The lowest BCUT2D eigenvalue weighted by Crippen LogP contribution is -2.57. The van der Waals surface area contributed by atoms with Gasteiger partial charge in [-0.1, -0.05) is 19.9 Å². The maximum absolute atomic E-state index is 11.8. The van der Waals surface area contributed by atoms with Gasteiger partial charge < -0.3 is 10.2 Å². The molecule has 0 amide bonds. The molecule has 186 valence electrons. The van der Waals surface area contributed by atoms with Crippen LogP contribution in [0.4, 0.5) is 17.2 Å². The Hall–Kier alpha value is -3.52. The van der Waals surface area contributed by atoms with Crippen LogP contribution in [0.5, 0.6) is 0 Å². The molecular formula is C28H31N5O2S. The highest BCUT2D eigenvalue weighted by molar-refractivity contribution is 7.90. The first kappa shape index (κ1) is 24.2. The number of hydrogen-bond acceptors (Lipinski definition) is 7. The van der Waals surface area contributed by atoms with Crippen LogP contribution < -0.4 is 10.2 Å². The van der Waals surface area contributed by atoms with Crippen molar-refractivity contribution in [1.29, 1.82) is 0 Å². The van der Waals surface area contributed by atoms with Gasteiger partial charge in [-0.15, -0.1) is 0 Å². The normalized spacial score (nSPS) is 17.9. The van der Waals surface area contributed by atoms with Crippen LogP contribution in [0.2, 0.25) is 0 Å². The summed E-state index contributed by atoms with van der Waals surface area (Å²) in [6.07, 6.45) is 8.57. The van der Waals surface area contributed by atoms with Crippen molar-refractivity contribution >= 4 is 37.8 Å². The zero-order valence-electron chi connectivity index (χ0n) is 21.0. The Morgan fingerprint density at radius 3 is 2.58 bits per heavy atom. The van der Waals surface area contributed by atoms with Gasteiger partial charge in [-0.2, -0.15) is 0 Å². The van der Waals surface area contributed by atoms with Gasteiger partial charge in [-0.05, 0) is 60.2 Å². The van der Waals surface area contributed by atoms with E-state index in [1.54, 1.807) is 18.6 Å². The third-order valence-electron chi connectivity index (χ3n) is 6.95. The van der Waals surface area contributed by atoms with Crippen molar-refractivity contribution in [3.63, 3.8) is 0 Å². The van der Waals surface area contributed by atoms with Crippen LogP contribution in [0.25, 0.3) is 22.0 Å². The smallest absolute Gasteiger partial charge is 0.147 e. The first-order chi connectivity index (χ1) is 17.2. The van der Waals surface area contributed by atoms with E-state index in [-0.39, 0.29) is 17.7 Å². The fraction of sp³-hybridized carbons (Fsp3) is 0.321. The number of fused-ring (bicyclic) bond motifs is 1. The van der Waals surface area contributed by atoms with Gasteiger partial charge in [0.05, 0.1) is 11.4 Å². The quantitative estimate of drug-likeness (QED) is 0.361. The Morgan fingerprint density at radius 2 is 1.89 bits per heavy atom. The van der Waals surface area contributed by atoms with Crippen molar-refractivity contribution in [2.24, 2.45) is 5.92 Å². The van der Waals surface area contributed by atoms with Crippen LogP contribution in [0.3, 0.4) is 0 Å². The van der Waals surface area contributed by atoms with Crippen molar-refractivity contribution in [3.8, 4) is 11.3 Å². The van der Waals surface area contributed by atoms with Crippen LogP contribution in [0, 0.1) is 5.92 Å². The van der Waals surface area contributed by atoms with E-state index in [0.717, 1.165) is 45.8 Å². The molecule has 0 bridgehead atoms. The van der Waals surface area contributed by atoms with Crippen LogP contribution >= 0.6 is 0 Å². The molecule has 1 fully saturated rings. The number of sulfone groups is 1. The van der Waals surface area contributed by atoms with E-state index in [0.29, 0.717) is 5.92 Å². The maximum atomic E-state index is 11.8. The Bertz CT molecular complexity index is 1510.